The van der Waals surface area contributed by atoms with Crippen molar-refractivity contribution >= 4 is 17.7 Å². The average Bonchev–Trinajstić information content (AvgIpc) is 2.60. The number of nitrogens with zero attached hydrogens (tertiary/aromatic N) is 1. The molecule has 0 bridgehead atoms. The highest BCUT2D eigenvalue weighted by atomic mass is 32.2. The molecule has 0 aromatic heterocycles. The van der Waals surface area contributed by atoms with E-state index in [0.29, 0.717) is 26.4 Å². The van der Waals surface area contributed by atoms with Crippen molar-refractivity contribution in [2.24, 2.45) is 4.99 Å². The van der Waals surface area contributed by atoms with E-state index in [9.17, 15) is 0 Å². The molecule has 0 radical (unpaired) electrons. The van der Waals surface area contributed by atoms with E-state index >= 15 is 0 Å². The maximum absolute atomic E-state index is 5.62. The topological polar surface area (TPSA) is 54.9 Å². The Labute approximate surface area is 150 Å². The standard InChI is InChI=1S/C18H31N3O2S/c1-4-19-18(20-9-12-24-3)21-14-16-7-6-8-17(13-16)15-23-11-10-22-5-2/h6-8,13H,4-5,9-12,14-15H2,1-3H3,(H2,19,20,21). The third-order valence-electron chi connectivity index (χ3n) is 3.20. The summed E-state index contributed by atoms with van der Waals surface area (Å²) in [5.41, 5.74) is 2.35. The number of rotatable bonds is 12. The molecule has 0 aliphatic heterocycles. The van der Waals surface area contributed by atoms with Crippen LogP contribution in [0.4, 0.5) is 0 Å². The van der Waals surface area contributed by atoms with E-state index < -0.39 is 0 Å². The Kier molecular flexibility index (Phi) is 12.3. The molecule has 0 saturated heterocycles. The van der Waals surface area contributed by atoms with Crippen LogP contribution in [0, 0.1) is 0 Å². The van der Waals surface area contributed by atoms with Gasteiger partial charge in [-0.1, -0.05) is 24.3 Å². The van der Waals surface area contributed by atoms with Gasteiger partial charge < -0.3 is 20.1 Å². The minimum atomic E-state index is 0.608. The molecule has 0 amide bonds. The summed E-state index contributed by atoms with van der Waals surface area (Å²) in [5.74, 6) is 1.93. The third-order valence-corrected chi connectivity index (χ3v) is 3.81. The Morgan fingerprint density at radius 2 is 1.92 bits per heavy atom. The molecule has 0 aliphatic carbocycles. The Balaban J connectivity index is 2.47. The number of thioether (sulfide) groups is 1. The molecule has 2 N–H and O–H groups in total. The summed E-state index contributed by atoms with van der Waals surface area (Å²) < 4.78 is 10.9. The number of aliphatic imine (C=N–C) groups is 1. The van der Waals surface area contributed by atoms with Crippen molar-refractivity contribution in [3.05, 3.63) is 35.4 Å². The van der Waals surface area contributed by atoms with Crippen LogP contribution in [0.1, 0.15) is 25.0 Å². The molecule has 0 saturated carbocycles. The quantitative estimate of drug-likeness (QED) is 0.344. The van der Waals surface area contributed by atoms with E-state index in [2.05, 4.69) is 53.1 Å². The summed E-state index contributed by atoms with van der Waals surface area (Å²) in [4.78, 5) is 4.64. The van der Waals surface area contributed by atoms with Crippen molar-refractivity contribution in [1.29, 1.82) is 0 Å². The van der Waals surface area contributed by atoms with Gasteiger partial charge in [0.05, 0.1) is 26.4 Å². The number of benzene rings is 1. The average molecular weight is 354 g/mol. The van der Waals surface area contributed by atoms with E-state index in [4.69, 9.17) is 9.47 Å². The predicted molar refractivity (Wildman–Crippen MR) is 104 cm³/mol. The van der Waals surface area contributed by atoms with Gasteiger partial charge in [-0.15, -0.1) is 0 Å². The Hall–Kier alpha value is -1.24. The van der Waals surface area contributed by atoms with Crippen molar-refractivity contribution in [2.45, 2.75) is 27.0 Å². The molecular formula is C18H31N3O2S. The van der Waals surface area contributed by atoms with Crippen LogP contribution in [0.3, 0.4) is 0 Å². The largest absolute Gasteiger partial charge is 0.379 e. The summed E-state index contributed by atoms with van der Waals surface area (Å²) in [5, 5.41) is 6.61. The van der Waals surface area contributed by atoms with Crippen molar-refractivity contribution in [1.82, 2.24) is 10.6 Å². The van der Waals surface area contributed by atoms with Gasteiger partial charge in [0.15, 0.2) is 5.96 Å². The first-order chi connectivity index (χ1) is 11.8. The second-order valence-corrected chi connectivity index (χ2v) is 6.17. The highest BCUT2D eigenvalue weighted by Crippen LogP contribution is 2.08. The number of nitrogens with one attached hydrogen (secondary N) is 2. The fourth-order valence-electron chi connectivity index (χ4n) is 2.05. The molecule has 24 heavy (non-hydrogen) atoms. The van der Waals surface area contributed by atoms with Crippen molar-refractivity contribution < 1.29 is 9.47 Å². The van der Waals surface area contributed by atoms with Crippen LogP contribution in [-0.4, -0.2) is 50.9 Å². The number of hydrogen-bond acceptors (Lipinski definition) is 4. The highest BCUT2D eigenvalue weighted by Gasteiger charge is 1.99. The van der Waals surface area contributed by atoms with Crippen LogP contribution in [0.5, 0.6) is 0 Å². The third kappa shape index (κ3) is 9.80. The Morgan fingerprint density at radius 1 is 1.12 bits per heavy atom. The Morgan fingerprint density at radius 3 is 2.67 bits per heavy atom. The molecule has 136 valence electrons. The molecule has 0 spiro atoms. The molecule has 1 aromatic rings. The zero-order valence-corrected chi connectivity index (χ0v) is 16.0. The second-order valence-electron chi connectivity index (χ2n) is 5.18. The zero-order chi connectivity index (χ0) is 17.5. The first kappa shape index (κ1) is 20.8. The normalized spacial score (nSPS) is 11.5. The van der Waals surface area contributed by atoms with E-state index in [0.717, 1.165) is 31.4 Å². The van der Waals surface area contributed by atoms with Crippen LogP contribution >= 0.6 is 11.8 Å². The molecule has 1 rings (SSSR count). The van der Waals surface area contributed by atoms with Crippen molar-refractivity contribution in [2.75, 3.05) is 44.9 Å². The second kappa shape index (κ2) is 14.1. The highest BCUT2D eigenvalue weighted by molar-refractivity contribution is 7.98. The van der Waals surface area contributed by atoms with Crippen LogP contribution in [0.2, 0.25) is 0 Å². The zero-order valence-electron chi connectivity index (χ0n) is 15.1. The van der Waals surface area contributed by atoms with Crippen LogP contribution in [-0.2, 0) is 22.6 Å². The molecule has 0 unspecified atom stereocenters. The molecule has 0 fully saturated rings. The number of hydrogen-bond donors (Lipinski definition) is 2. The van der Waals surface area contributed by atoms with Gasteiger partial charge in [0, 0.05) is 25.4 Å². The molecule has 0 atom stereocenters. The van der Waals surface area contributed by atoms with Crippen LogP contribution < -0.4 is 10.6 Å². The van der Waals surface area contributed by atoms with Crippen molar-refractivity contribution in [3.63, 3.8) is 0 Å². The van der Waals surface area contributed by atoms with Gasteiger partial charge in [0.1, 0.15) is 0 Å². The fourth-order valence-corrected chi connectivity index (χ4v) is 2.36. The van der Waals surface area contributed by atoms with E-state index in [1.807, 2.05) is 18.7 Å². The smallest absolute Gasteiger partial charge is 0.191 e. The van der Waals surface area contributed by atoms with Crippen LogP contribution in [0.15, 0.2) is 29.3 Å². The lowest BCUT2D eigenvalue weighted by Gasteiger charge is -2.11. The molecular weight excluding hydrogens is 322 g/mol. The maximum Gasteiger partial charge on any atom is 0.191 e. The summed E-state index contributed by atoms with van der Waals surface area (Å²) in [6, 6.07) is 8.38. The molecule has 6 heteroatoms. The summed E-state index contributed by atoms with van der Waals surface area (Å²) in [7, 11) is 0. The minimum Gasteiger partial charge on any atom is -0.379 e. The van der Waals surface area contributed by atoms with E-state index in [1.54, 1.807) is 0 Å². The van der Waals surface area contributed by atoms with E-state index in [1.165, 1.54) is 11.1 Å². The minimum absolute atomic E-state index is 0.608. The number of ether oxygens (including phenoxy) is 2. The first-order valence-corrected chi connectivity index (χ1v) is 9.94. The molecule has 1 aromatic carbocycles. The van der Waals surface area contributed by atoms with Gasteiger partial charge in [-0.05, 0) is 31.2 Å². The summed E-state index contributed by atoms with van der Waals surface area (Å²) in [6.45, 7) is 9.11. The number of guanidine groups is 1. The van der Waals surface area contributed by atoms with Crippen LogP contribution in [0.25, 0.3) is 0 Å². The lowest BCUT2D eigenvalue weighted by Crippen LogP contribution is -2.38. The van der Waals surface area contributed by atoms with E-state index in [-0.39, 0.29) is 0 Å². The lowest BCUT2D eigenvalue weighted by atomic mass is 10.1. The van der Waals surface area contributed by atoms with Gasteiger partial charge in [0.25, 0.3) is 0 Å². The fraction of sp³-hybridized carbons (Fsp3) is 0.611. The first-order valence-electron chi connectivity index (χ1n) is 8.54. The molecule has 0 heterocycles. The monoisotopic (exact) mass is 353 g/mol. The lowest BCUT2D eigenvalue weighted by molar-refractivity contribution is 0.0453. The summed E-state index contributed by atoms with van der Waals surface area (Å²) in [6.07, 6.45) is 2.10. The van der Waals surface area contributed by atoms with Crippen molar-refractivity contribution in [3.8, 4) is 0 Å². The predicted octanol–water partition coefficient (Wildman–Crippen LogP) is 2.66. The van der Waals surface area contributed by atoms with Gasteiger partial charge >= 0.3 is 0 Å². The SMILES string of the molecule is CCNC(=NCc1cccc(COCCOCC)c1)NCCSC. The van der Waals surface area contributed by atoms with Gasteiger partial charge in [0.2, 0.25) is 0 Å². The van der Waals surface area contributed by atoms with Gasteiger partial charge in [-0.3, -0.25) is 0 Å². The summed E-state index contributed by atoms with van der Waals surface area (Å²) >= 11 is 1.82. The van der Waals surface area contributed by atoms with Gasteiger partial charge in [-0.25, -0.2) is 4.99 Å². The molecule has 0 aliphatic rings. The Bertz CT molecular complexity index is 469. The maximum atomic E-state index is 5.62. The molecule has 5 nitrogen and oxygen atoms in total. The van der Waals surface area contributed by atoms with Gasteiger partial charge in [-0.2, -0.15) is 11.8 Å².